The number of rotatable bonds is 8. The average Bonchev–Trinajstić information content (AvgIpc) is 2.15. The van der Waals surface area contributed by atoms with Gasteiger partial charge in [0, 0.05) is 89.1 Å². The monoisotopic (exact) mass is 383 g/mol. The molecular weight excluding hydrogens is 353 g/mol. The van der Waals surface area contributed by atoms with Crippen LogP contribution in [0, 0.1) is 0 Å². The third-order valence-electron chi connectivity index (χ3n) is 1.29. The van der Waals surface area contributed by atoms with Crippen LogP contribution in [0.5, 0.6) is 0 Å². The largest absolute Gasteiger partial charge is 0.264 e. The number of hydrazine groups is 4. The van der Waals surface area contributed by atoms with Gasteiger partial charge in [0.15, 0.2) is 0 Å². The van der Waals surface area contributed by atoms with Crippen LogP contribution in [0.1, 0.15) is 0 Å². The average molecular weight is 383 g/mol. The van der Waals surface area contributed by atoms with Crippen molar-refractivity contribution in [2.24, 2.45) is 0 Å². The fourth-order valence-electron chi connectivity index (χ4n) is 0.574. The van der Waals surface area contributed by atoms with Crippen molar-refractivity contribution < 1.29 is 32.7 Å². The molecule has 0 saturated carbocycles. The first-order valence-corrected chi connectivity index (χ1v) is 7.94. The summed E-state index contributed by atoms with van der Waals surface area (Å²) in [5.41, 5.74) is 0. The Morgan fingerprint density at radius 2 is 0.632 bits per heavy atom. The summed E-state index contributed by atoms with van der Waals surface area (Å²) in [5.74, 6) is 0. The molecule has 11 heteroatoms. The smallest absolute Gasteiger partial charge is 0.233 e. The van der Waals surface area contributed by atoms with Crippen LogP contribution in [-0.2, 0) is 32.7 Å². The molecule has 8 nitrogen and oxygen atoms in total. The maximum Gasteiger partial charge on any atom is 0.233 e. The van der Waals surface area contributed by atoms with E-state index in [0.717, 1.165) is 0 Å². The van der Waals surface area contributed by atoms with Crippen LogP contribution in [0.4, 0.5) is 0 Å². The van der Waals surface area contributed by atoms with Crippen LogP contribution in [0.2, 0.25) is 0 Å². The van der Waals surface area contributed by atoms with E-state index in [1.54, 1.807) is 0 Å². The van der Waals surface area contributed by atoms with Gasteiger partial charge in [0.2, 0.25) is 19.7 Å². The standard InChI is InChI=1S/2C4H15N4Si.Y/c2*1-7(2)5-9-6-8(3)4;/h2*5-6,9H,1-4H3;. The fraction of sp³-hybridized carbons (Fsp3) is 1.00. The van der Waals surface area contributed by atoms with E-state index in [4.69, 9.17) is 0 Å². The summed E-state index contributed by atoms with van der Waals surface area (Å²) in [4.78, 5) is 0. The van der Waals surface area contributed by atoms with Crippen molar-refractivity contribution >= 4 is 19.7 Å². The molecule has 0 fully saturated rings. The molecule has 0 saturated heterocycles. The maximum atomic E-state index is 3.14. The fourth-order valence-corrected chi connectivity index (χ4v) is 1.72. The normalized spacial score (nSPS) is 10.7. The second-order valence-electron chi connectivity index (χ2n) is 4.38. The third-order valence-corrected chi connectivity index (χ3v) is 3.87. The molecule has 113 valence electrons. The first-order chi connectivity index (χ1) is 8.25. The van der Waals surface area contributed by atoms with Gasteiger partial charge in [-0.15, -0.1) is 0 Å². The molecule has 0 aromatic rings. The predicted octanol–water partition coefficient (Wildman–Crippen LogP) is -3.23. The summed E-state index contributed by atoms with van der Waals surface area (Å²) in [6, 6.07) is 0. The van der Waals surface area contributed by atoms with E-state index in [0.29, 0.717) is 0 Å². The molecule has 0 rings (SSSR count). The van der Waals surface area contributed by atoms with Crippen LogP contribution in [0.3, 0.4) is 0 Å². The molecule has 0 aromatic carbocycles. The molecule has 0 aliphatic rings. The Morgan fingerprint density at radius 3 is 0.737 bits per heavy atom. The molecule has 0 amide bonds. The first kappa shape index (κ1) is 25.2. The summed E-state index contributed by atoms with van der Waals surface area (Å²) >= 11 is 0. The molecule has 0 aliphatic carbocycles. The summed E-state index contributed by atoms with van der Waals surface area (Å²) in [6.45, 7) is 0. The zero-order chi connectivity index (χ0) is 14.6. The van der Waals surface area contributed by atoms with Gasteiger partial charge in [0.1, 0.15) is 0 Å². The van der Waals surface area contributed by atoms with E-state index in [2.05, 4.69) is 20.4 Å². The van der Waals surface area contributed by atoms with Crippen LogP contribution >= 0.6 is 0 Å². The minimum Gasteiger partial charge on any atom is -0.264 e. The molecule has 19 heavy (non-hydrogen) atoms. The molecule has 0 unspecified atom stereocenters. The molecule has 0 bridgehead atoms. The van der Waals surface area contributed by atoms with Crippen molar-refractivity contribution in [2.45, 2.75) is 0 Å². The van der Waals surface area contributed by atoms with E-state index >= 15 is 0 Å². The van der Waals surface area contributed by atoms with Crippen LogP contribution in [0.25, 0.3) is 0 Å². The van der Waals surface area contributed by atoms with Crippen molar-refractivity contribution in [3.63, 3.8) is 0 Å². The van der Waals surface area contributed by atoms with E-state index in [1.807, 2.05) is 76.4 Å². The summed E-state index contributed by atoms with van der Waals surface area (Å²) in [6.07, 6.45) is 0. The minimum atomic E-state index is 0. The SMILES string of the molecule is CN(C)N[SiH]NN(C)C.CN(C)N[SiH]NN(C)C.[Y]. The first-order valence-electron chi connectivity index (χ1n) is 5.63. The Bertz CT molecular complexity index is 139. The molecule has 0 aromatic heterocycles. The second kappa shape index (κ2) is 17.3. The minimum absolute atomic E-state index is 0. The van der Waals surface area contributed by atoms with Crippen molar-refractivity contribution in [3.05, 3.63) is 0 Å². The van der Waals surface area contributed by atoms with E-state index in [9.17, 15) is 0 Å². The molecule has 4 N–H and O–H groups in total. The number of nitrogens with zero attached hydrogens (tertiary/aromatic N) is 4. The summed E-state index contributed by atoms with van der Waals surface area (Å²) in [7, 11) is 16.0. The Morgan fingerprint density at radius 1 is 0.474 bits per heavy atom. The molecule has 3 radical (unpaired) electrons. The van der Waals surface area contributed by atoms with Gasteiger partial charge in [-0.2, -0.15) is 0 Å². The molecule has 0 heterocycles. The zero-order valence-corrected chi connectivity index (χ0v) is 18.7. The van der Waals surface area contributed by atoms with Gasteiger partial charge in [-0.1, -0.05) is 0 Å². The number of nitrogens with one attached hydrogen (secondary N) is 4. The van der Waals surface area contributed by atoms with Crippen LogP contribution in [-0.4, -0.2) is 96.1 Å². The molecular formula is C8H30N8Si2Y. The Labute approximate surface area is 148 Å². The van der Waals surface area contributed by atoms with Crippen molar-refractivity contribution in [3.8, 4) is 0 Å². The predicted molar refractivity (Wildman–Crippen MR) is 81.6 cm³/mol. The topological polar surface area (TPSA) is 61.1 Å². The van der Waals surface area contributed by atoms with Gasteiger partial charge >= 0.3 is 0 Å². The zero-order valence-electron chi connectivity index (χ0n) is 13.5. The van der Waals surface area contributed by atoms with Crippen molar-refractivity contribution in [2.75, 3.05) is 56.4 Å². The Kier molecular flexibility index (Phi) is 22.9. The maximum absolute atomic E-state index is 3.14. The van der Waals surface area contributed by atoms with Gasteiger partial charge in [-0.25, -0.2) is 0 Å². The summed E-state index contributed by atoms with van der Waals surface area (Å²) < 4.78 is 0. The molecule has 0 atom stereocenters. The van der Waals surface area contributed by atoms with Gasteiger partial charge in [0.25, 0.3) is 0 Å². The van der Waals surface area contributed by atoms with E-state index in [1.165, 1.54) is 0 Å². The second-order valence-corrected chi connectivity index (χ2v) is 5.99. The van der Waals surface area contributed by atoms with Crippen molar-refractivity contribution in [1.29, 1.82) is 0 Å². The third kappa shape index (κ3) is 32.6. The van der Waals surface area contributed by atoms with E-state index < -0.39 is 0 Å². The summed E-state index contributed by atoms with van der Waals surface area (Å²) in [5, 5.41) is 20.3. The van der Waals surface area contributed by atoms with Crippen LogP contribution in [0.15, 0.2) is 0 Å². The van der Waals surface area contributed by atoms with Gasteiger partial charge < -0.3 is 0 Å². The van der Waals surface area contributed by atoms with Gasteiger partial charge in [-0.05, 0) is 0 Å². The van der Waals surface area contributed by atoms with Crippen molar-refractivity contribution in [1.82, 2.24) is 40.4 Å². The Balaban J connectivity index is -0.000000256. The number of hydrogen-bond donors (Lipinski definition) is 4. The Hall–Kier alpha value is 1.22. The van der Waals surface area contributed by atoms with Crippen LogP contribution < -0.4 is 20.4 Å². The molecule has 0 aliphatic heterocycles. The van der Waals surface area contributed by atoms with Gasteiger partial charge in [-0.3, -0.25) is 40.4 Å². The van der Waals surface area contributed by atoms with Gasteiger partial charge in [0.05, 0.1) is 0 Å². The molecule has 0 spiro atoms. The quantitative estimate of drug-likeness (QED) is 0.258. The van der Waals surface area contributed by atoms with E-state index in [-0.39, 0.29) is 52.4 Å². The number of hydrogen-bond acceptors (Lipinski definition) is 8.